The SMILES string of the molecule is N#Cc1ccc(Nc2ncc(Br)cc2Cl)cc1C(F)(F)F. The lowest BCUT2D eigenvalue weighted by Crippen LogP contribution is -2.08. The minimum absolute atomic E-state index is 0.137. The summed E-state index contributed by atoms with van der Waals surface area (Å²) in [5.41, 5.74) is -1.32. The second-order valence-electron chi connectivity index (χ2n) is 3.98. The highest BCUT2D eigenvalue weighted by Crippen LogP contribution is 2.34. The molecule has 0 bridgehead atoms. The van der Waals surface area contributed by atoms with Crippen LogP contribution in [-0.4, -0.2) is 4.98 Å². The van der Waals surface area contributed by atoms with Gasteiger partial charge in [0, 0.05) is 16.4 Å². The van der Waals surface area contributed by atoms with Crippen molar-refractivity contribution in [1.29, 1.82) is 5.26 Å². The fraction of sp³-hybridized carbons (Fsp3) is 0.0769. The standard InChI is InChI=1S/C13H6BrClF3N3/c14-8-3-11(15)12(20-6-8)21-9-2-1-7(5-19)10(4-9)13(16,17)18/h1-4,6H,(H,20,21). The van der Waals surface area contributed by atoms with Crippen LogP contribution in [0.4, 0.5) is 24.7 Å². The molecular weight excluding hydrogens is 371 g/mol. The number of benzene rings is 1. The molecular formula is C13H6BrClF3N3. The van der Waals surface area contributed by atoms with E-state index in [9.17, 15) is 13.2 Å². The molecule has 8 heteroatoms. The number of nitriles is 1. The van der Waals surface area contributed by atoms with Crippen molar-refractivity contribution in [3.63, 3.8) is 0 Å². The zero-order valence-electron chi connectivity index (χ0n) is 10.2. The second-order valence-corrected chi connectivity index (χ2v) is 5.30. The summed E-state index contributed by atoms with van der Waals surface area (Å²) in [6.07, 6.45) is -3.15. The lowest BCUT2D eigenvalue weighted by molar-refractivity contribution is -0.137. The van der Waals surface area contributed by atoms with E-state index >= 15 is 0 Å². The molecule has 0 aliphatic heterocycles. The van der Waals surface area contributed by atoms with Gasteiger partial charge in [0.15, 0.2) is 0 Å². The van der Waals surface area contributed by atoms with Crippen LogP contribution in [0, 0.1) is 11.3 Å². The Labute approximate surface area is 131 Å². The van der Waals surface area contributed by atoms with E-state index in [1.807, 2.05) is 0 Å². The summed E-state index contributed by atoms with van der Waals surface area (Å²) < 4.78 is 39.2. The Morgan fingerprint density at radius 1 is 1.29 bits per heavy atom. The number of nitrogens with one attached hydrogen (secondary N) is 1. The zero-order chi connectivity index (χ0) is 15.6. The van der Waals surface area contributed by atoms with Crippen molar-refractivity contribution in [2.75, 3.05) is 5.32 Å². The van der Waals surface area contributed by atoms with Crippen molar-refractivity contribution in [2.45, 2.75) is 6.18 Å². The number of nitrogens with zero attached hydrogens (tertiary/aromatic N) is 2. The van der Waals surface area contributed by atoms with Crippen molar-refractivity contribution in [1.82, 2.24) is 4.98 Å². The Bertz CT molecular complexity index is 726. The molecule has 0 saturated carbocycles. The molecule has 0 spiro atoms. The number of halogens is 5. The van der Waals surface area contributed by atoms with Gasteiger partial charge >= 0.3 is 6.18 Å². The van der Waals surface area contributed by atoms with Crippen LogP contribution in [0.25, 0.3) is 0 Å². The molecule has 0 amide bonds. The van der Waals surface area contributed by atoms with Gasteiger partial charge in [-0.1, -0.05) is 11.6 Å². The molecule has 0 unspecified atom stereocenters. The number of hydrogen-bond acceptors (Lipinski definition) is 3. The summed E-state index contributed by atoms with van der Waals surface area (Å²) >= 11 is 9.12. The quantitative estimate of drug-likeness (QED) is 0.790. The molecule has 1 aromatic heterocycles. The second kappa shape index (κ2) is 5.92. The van der Waals surface area contributed by atoms with E-state index in [-0.39, 0.29) is 16.5 Å². The van der Waals surface area contributed by atoms with Gasteiger partial charge in [-0.05, 0) is 40.2 Å². The average Bonchev–Trinajstić information content (AvgIpc) is 2.41. The Balaban J connectivity index is 2.40. The molecule has 0 radical (unpaired) electrons. The molecule has 0 fully saturated rings. The van der Waals surface area contributed by atoms with Gasteiger partial charge in [-0.15, -0.1) is 0 Å². The molecule has 2 aromatic rings. The van der Waals surface area contributed by atoms with Crippen LogP contribution in [-0.2, 0) is 6.18 Å². The highest BCUT2D eigenvalue weighted by molar-refractivity contribution is 9.10. The maximum absolute atomic E-state index is 12.9. The van der Waals surface area contributed by atoms with Gasteiger partial charge in [0.05, 0.1) is 22.2 Å². The zero-order valence-corrected chi connectivity index (χ0v) is 12.5. The van der Waals surface area contributed by atoms with Crippen molar-refractivity contribution >= 4 is 39.0 Å². The first-order valence-electron chi connectivity index (χ1n) is 5.50. The first-order chi connectivity index (χ1) is 9.81. The number of anilines is 2. The Hall–Kier alpha value is -1.78. The van der Waals surface area contributed by atoms with E-state index in [1.54, 1.807) is 6.07 Å². The number of hydrogen-bond donors (Lipinski definition) is 1. The van der Waals surface area contributed by atoms with E-state index in [4.69, 9.17) is 16.9 Å². The average molecular weight is 377 g/mol. The molecule has 0 atom stereocenters. The lowest BCUT2D eigenvalue weighted by atomic mass is 10.1. The molecule has 0 aliphatic carbocycles. The van der Waals surface area contributed by atoms with Crippen LogP contribution < -0.4 is 5.32 Å². The van der Waals surface area contributed by atoms with Crippen molar-refractivity contribution < 1.29 is 13.2 Å². The molecule has 3 nitrogen and oxygen atoms in total. The number of alkyl halides is 3. The van der Waals surface area contributed by atoms with E-state index in [1.165, 1.54) is 18.3 Å². The lowest BCUT2D eigenvalue weighted by Gasteiger charge is -2.12. The summed E-state index contributed by atoms with van der Waals surface area (Å²) in [4.78, 5) is 3.97. The fourth-order valence-electron chi connectivity index (χ4n) is 1.60. The maximum Gasteiger partial charge on any atom is 0.417 e. The van der Waals surface area contributed by atoms with Gasteiger partial charge < -0.3 is 5.32 Å². The highest BCUT2D eigenvalue weighted by atomic mass is 79.9. The van der Waals surface area contributed by atoms with Crippen LogP contribution in [0.5, 0.6) is 0 Å². The fourth-order valence-corrected chi connectivity index (χ4v) is 2.27. The molecule has 0 saturated heterocycles. The van der Waals surface area contributed by atoms with Crippen LogP contribution >= 0.6 is 27.5 Å². The Morgan fingerprint density at radius 2 is 2.00 bits per heavy atom. The third-order valence-corrected chi connectivity index (χ3v) is 3.24. The normalized spacial score (nSPS) is 11.0. The smallest absolute Gasteiger partial charge is 0.339 e. The summed E-state index contributed by atoms with van der Waals surface area (Å²) in [5, 5.41) is 11.7. The number of pyridine rings is 1. The third-order valence-electron chi connectivity index (χ3n) is 2.52. The first-order valence-corrected chi connectivity index (χ1v) is 6.68. The minimum Gasteiger partial charge on any atom is -0.339 e. The first kappa shape index (κ1) is 15.6. The van der Waals surface area contributed by atoms with Crippen molar-refractivity contribution in [3.05, 3.63) is 51.1 Å². The molecule has 0 aliphatic rings. The van der Waals surface area contributed by atoms with E-state index in [0.717, 1.165) is 12.1 Å². The molecule has 1 N–H and O–H groups in total. The predicted molar refractivity (Wildman–Crippen MR) is 76.4 cm³/mol. The van der Waals surface area contributed by atoms with Gasteiger partial charge in [-0.3, -0.25) is 0 Å². The summed E-state index contributed by atoms with van der Waals surface area (Å²) in [5.74, 6) is 0.220. The Kier molecular flexibility index (Phi) is 4.40. The van der Waals surface area contributed by atoms with Crippen LogP contribution in [0.15, 0.2) is 34.9 Å². The highest BCUT2D eigenvalue weighted by Gasteiger charge is 2.33. The van der Waals surface area contributed by atoms with Crippen molar-refractivity contribution in [2.24, 2.45) is 0 Å². The van der Waals surface area contributed by atoms with Crippen LogP contribution in [0.3, 0.4) is 0 Å². The molecule has 108 valence electrons. The molecule has 1 heterocycles. The summed E-state index contributed by atoms with van der Waals surface area (Å²) in [7, 11) is 0. The van der Waals surface area contributed by atoms with Gasteiger partial charge in [0.2, 0.25) is 0 Å². The van der Waals surface area contributed by atoms with E-state index in [0.29, 0.717) is 4.47 Å². The summed E-state index contributed by atoms with van der Waals surface area (Å²) in [6.45, 7) is 0. The van der Waals surface area contributed by atoms with Gasteiger partial charge in [-0.25, -0.2) is 4.98 Å². The maximum atomic E-state index is 12.9. The minimum atomic E-state index is -4.61. The Morgan fingerprint density at radius 3 is 2.57 bits per heavy atom. The summed E-state index contributed by atoms with van der Waals surface area (Å²) in [6, 6.07) is 6.37. The van der Waals surface area contributed by atoms with Gasteiger partial charge in [0.25, 0.3) is 0 Å². The number of aromatic nitrogens is 1. The van der Waals surface area contributed by atoms with Crippen molar-refractivity contribution in [3.8, 4) is 6.07 Å². The topological polar surface area (TPSA) is 48.7 Å². The monoisotopic (exact) mass is 375 g/mol. The molecule has 1 aromatic carbocycles. The van der Waals surface area contributed by atoms with Crippen LogP contribution in [0.2, 0.25) is 5.02 Å². The van der Waals surface area contributed by atoms with E-state index < -0.39 is 17.3 Å². The predicted octanol–water partition coefficient (Wildman–Crippen LogP) is 5.13. The van der Waals surface area contributed by atoms with Gasteiger partial charge in [0.1, 0.15) is 5.82 Å². The molecule has 21 heavy (non-hydrogen) atoms. The van der Waals surface area contributed by atoms with Crippen LogP contribution in [0.1, 0.15) is 11.1 Å². The van der Waals surface area contributed by atoms with Gasteiger partial charge in [-0.2, -0.15) is 18.4 Å². The number of rotatable bonds is 2. The van der Waals surface area contributed by atoms with E-state index in [2.05, 4.69) is 26.2 Å². The third kappa shape index (κ3) is 3.65. The molecule has 2 rings (SSSR count). The largest absolute Gasteiger partial charge is 0.417 e.